The van der Waals surface area contributed by atoms with Crippen LogP contribution in [0.25, 0.3) is 0 Å². The first-order valence-electron chi connectivity index (χ1n) is 4.99. The maximum absolute atomic E-state index is 12.7. The summed E-state index contributed by atoms with van der Waals surface area (Å²) < 4.78 is 12.7. The quantitative estimate of drug-likeness (QED) is 0.705. The molecule has 0 aliphatic carbocycles. The molecule has 3 heteroatoms. The van der Waals surface area contributed by atoms with Gasteiger partial charge >= 0.3 is 0 Å². The van der Waals surface area contributed by atoms with Crippen molar-refractivity contribution < 1.29 is 4.39 Å². The van der Waals surface area contributed by atoms with E-state index in [1.807, 2.05) is 12.1 Å². The van der Waals surface area contributed by atoms with Gasteiger partial charge in [0.15, 0.2) is 0 Å². The zero-order chi connectivity index (χ0) is 9.97. The molecule has 2 atom stereocenters. The van der Waals surface area contributed by atoms with Crippen LogP contribution >= 0.6 is 0 Å². The molecule has 1 fully saturated rings. The zero-order valence-corrected chi connectivity index (χ0v) is 8.04. The fraction of sp³-hybridized carbons (Fsp3) is 0.455. The fourth-order valence-electron chi connectivity index (χ4n) is 2.01. The van der Waals surface area contributed by atoms with Crippen LogP contribution in [0.4, 0.5) is 4.39 Å². The summed E-state index contributed by atoms with van der Waals surface area (Å²) in [6.45, 7) is 1.85. The monoisotopic (exact) mass is 194 g/mol. The molecule has 1 aliphatic heterocycles. The second-order valence-corrected chi connectivity index (χ2v) is 3.81. The minimum Gasteiger partial charge on any atom is -0.326 e. The highest BCUT2D eigenvalue weighted by Gasteiger charge is 2.22. The topological polar surface area (TPSA) is 38.0 Å². The van der Waals surface area contributed by atoms with Crippen molar-refractivity contribution in [3.8, 4) is 0 Å². The number of hydrogen-bond donors (Lipinski definition) is 2. The predicted octanol–water partition coefficient (Wildman–Crippen LogP) is 1.23. The van der Waals surface area contributed by atoms with Crippen LogP contribution in [-0.2, 0) is 0 Å². The second-order valence-electron chi connectivity index (χ2n) is 3.81. The van der Waals surface area contributed by atoms with Crippen molar-refractivity contribution in [2.24, 2.45) is 5.73 Å². The number of halogens is 1. The molecule has 3 N–H and O–H groups in total. The lowest BCUT2D eigenvalue weighted by Gasteiger charge is -2.29. The Morgan fingerprint density at radius 2 is 2.00 bits per heavy atom. The van der Waals surface area contributed by atoms with E-state index in [2.05, 4.69) is 5.32 Å². The van der Waals surface area contributed by atoms with Crippen molar-refractivity contribution in [2.45, 2.75) is 18.4 Å². The van der Waals surface area contributed by atoms with E-state index in [0.717, 1.165) is 25.1 Å². The molecule has 0 bridgehead atoms. The lowest BCUT2D eigenvalue weighted by atomic mass is 9.87. The smallest absolute Gasteiger partial charge is 0.123 e. The zero-order valence-electron chi connectivity index (χ0n) is 8.04. The number of piperidine rings is 1. The lowest BCUT2D eigenvalue weighted by molar-refractivity contribution is 0.402. The van der Waals surface area contributed by atoms with E-state index in [1.165, 1.54) is 12.1 Å². The first-order chi connectivity index (χ1) is 6.77. The Morgan fingerprint density at radius 3 is 2.64 bits per heavy atom. The molecular formula is C11H15FN2. The van der Waals surface area contributed by atoms with E-state index in [9.17, 15) is 4.39 Å². The van der Waals surface area contributed by atoms with Crippen LogP contribution in [0.3, 0.4) is 0 Å². The van der Waals surface area contributed by atoms with E-state index in [0.29, 0.717) is 5.92 Å². The molecule has 1 saturated heterocycles. The Labute approximate surface area is 83.3 Å². The minimum atomic E-state index is -0.184. The highest BCUT2D eigenvalue weighted by atomic mass is 19.1. The third-order valence-electron chi connectivity index (χ3n) is 2.83. The van der Waals surface area contributed by atoms with Crippen LogP contribution in [0.2, 0.25) is 0 Å². The average Bonchev–Trinajstić information content (AvgIpc) is 2.20. The van der Waals surface area contributed by atoms with E-state index >= 15 is 0 Å². The molecule has 1 aliphatic rings. The van der Waals surface area contributed by atoms with Crippen molar-refractivity contribution in [1.82, 2.24) is 5.32 Å². The molecule has 0 aromatic heterocycles. The minimum absolute atomic E-state index is 0.147. The van der Waals surface area contributed by atoms with Crippen LogP contribution in [0.5, 0.6) is 0 Å². The van der Waals surface area contributed by atoms with Gasteiger partial charge in [-0.2, -0.15) is 0 Å². The number of benzene rings is 1. The van der Waals surface area contributed by atoms with Crippen LogP contribution in [0, 0.1) is 5.82 Å². The number of nitrogens with two attached hydrogens (primary N) is 1. The van der Waals surface area contributed by atoms with Gasteiger partial charge in [-0.1, -0.05) is 12.1 Å². The van der Waals surface area contributed by atoms with Gasteiger partial charge in [0.2, 0.25) is 0 Å². The van der Waals surface area contributed by atoms with Crippen LogP contribution in [0.15, 0.2) is 24.3 Å². The number of hydrogen-bond acceptors (Lipinski definition) is 2. The SMILES string of the molecule is N[C@H]1CNCC[C@@H]1c1ccc(F)cc1. The molecule has 0 amide bonds. The first kappa shape index (κ1) is 9.62. The van der Waals surface area contributed by atoms with E-state index in [1.54, 1.807) is 0 Å². The molecular weight excluding hydrogens is 179 g/mol. The molecule has 0 radical (unpaired) electrons. The number of nitrogens with one attached hydrogen (secondary N) is 1. The Kier molecular flexibility index (Phi) is 2.79. The molecule has 0 saturated carbocycles. The van der Waals surface area contributed by atoms with Gasteiger partial charge in [0.25, 0.3) is 0 Å². The van der Waals surface area contributed by atoms with Gasteiger partial charge in [-0.15, -0.1) is 0 Å². The summed E-state index contributed by atoms with van der Waals surface area (Å²) in [6.07, 6.45) is 1.03. The standard InChI is InChI=1S/C11H15FN2/c12-9-3-1-8(2-4-9)10-5-6-14-7-11(10)13/h1-4,10-11,14H,5-7,13H2/t10-,11+/m1/s1. The molecule has 0 unspecified atom stereocenters. The average molecular weight is 194 g/mol. The highest BCUT2D eigenvalue weighted by Crippen LogP contribution is 2.24. The highest BCUT2D eigenvalue weighted by molar-refractivity contribution is 5.22. The van der Waals surface area contributed by atoms with Crippen LogP contribution in [-0.4, -0.2) is 19.1 Å². The van der Waals surface area contributed by atoms with E-state index in [-0.39, 0.29) is 11.9 Å². The lowest BCUT2D eigenvalue weighted by Crippen LogP contribution is -2.44. The Bertz CT molecular complexity index is 297. The van der Waals surface area contributed by atoms with Gasteiger partial charge in [-0.05, 0) is 30.7 Å². The Morgan fingerprint density at radius 1 is 1.29 bits per heavy atom. The molecule has 0 spiro atoms. The first-order valence-corrected chi connectivity index (χ1v) is 4.99. The van der Waals surface area contributed by atoms with Crippen molar-refractivity contribution in [3.05, 3.63) is 35.6 Å². The molecule has 14 heavy (non-hydrogen) atoms. The molecule has 76 valence electrons. The fourth-order valence-corrected chi connectivity index (χ4v) is 2.01. The summed E-state index contributed by atoms with van der Waals surface area (Å²) in [7, 11) is 0. The largest absolute Gasteiger partial charge is 0.326 e. The van der Waals surface area contributed by atoms with Gasteiger partial charge in [-0.3, -0.25) is 0 Å². The maximum atomic E-state index is 12.7. The van der Waals surface area contributed by atoms with Crippen LogP contribution in [0.1, 0.15) is 17.9 Å². The van der Waals surface area contributed by atoms with Gasteiger partial charge in [0.1, 0.15) is 5.82 Å². The van der Waals surface area contributed by atoms with Gasteiger partial charge in [0.05, 0.1) is 0 Å². The number of rotatable bonds is 1. The normalized spacial score (nSPS) is 27.6. The Balaban J connectivity index is 2.16. The predicted molar refractivity (Wildman–Crippen MR) is 54.6 cm³/mol. The van der Waals surface area contributed by atoms with Crippen molar-refractivity contribution >= 4 is 0 Å². The summed E-state index contributed by atoms with van der Waals surface area (Å²) in [5, 5.41) is 3.25. The van der Waals surface area contributed by atoms with Crippen molar-refractivity contribution in [3.63, 3.8) is 0 Å². The maximum Gasteiger partial charge on any atom is 0.123 e. The van der Waals surface area contributed by atoms with Crippen LogP contribution < -0.4 is 11.1 Å². The summed E-state index contributed by atoms with van der Waals surface area (Å²) in [5.74, 6) is 0.188. The third-order valence-corrected chi connectivity index (χ3v) is 2.83. The van der Waals surface area contributed by atoms with E-state index in [4.69, 9.17) is 5.73 Å². The summed E-state index contributed by atoms with van der Waals surface area (Å²) >= 11 is 0. The third kappa shape index (κ3) is 1.94. The summed E-state index contributed by atoms with van der Waals surface area (Å²) in [5.41, 5.74) is 7.15. The molecule has 1 aromatic carbocycles. The van der Waals surface area contributed by atoms with Crippen molar-refractivity contribution in [2.75, 3.05) is 13.1 Å². The van der Waals surface area contributed by atoms with Crippen molar-refractivity contribution in [1.29, 1.82) is 0 Å². The van der Waals surface area contributed by atoms with E-state index < -0.39 is 0 Å². The second kappa shape index (κ2) is 4.07. The molecule has 1 heterocycles. The van der Waals surface area contributed by atoms with Gasteiger partial charge in [0, 0.05) is 18.5 Å². The van der Waals surface area contributed by atoms with Gasteiger partial charge < -0.3 is 11.1 Å². The molecule has 2 nitrogen and oxygen atoms in total. The van der Waals surface area contributed by atoms with Gasteiger partial charge in [-0.25, -0.2) is 4.39 Å². The molecule has 1 aromatic rings. The molecule has 2 rings (SSSR count). The Hall–Kier alpha value is -0.930. The summed E-state index contributed by atoms with van der Waals surface area (Å²) in [4.78, 5) is 0. The summed E-state index contributed by atoms with van der Waals surface area (Å²) in [6, 6.07) is 6.83.